The minimum atomic E-state index is -0.335. The highest BCUT2D eigenvalue weighted by molar-refractivity contribution is 9.10. The molecule has 3 aromatic rings. The molecule has 0 saturated carbocycles. The second-order valence-corrected chi connectivity index (χ2v) is 5.90. The van der Waals surface area contributed by atoms with Gasteiger partial charge < -0.3 is 0 Å². The number of Topliss-reactive ketones (excluding diaryl/α,β-unsaturated/α-hetero) is 1. The van der Waals surface area contributed by atoms with E-state index < -0.39 is 0 Å². The zero-order valence-electron chi connectivity index (χ0n) is 11.5. The third-order valence-electron chi connectivity index (χ3n) is 3.48. The second kappa shape index (κ2) is 5.77. The number of nitrogens with zero attached hydrogens (tertiary/aromatic N) is 3. The van der Waals surface area contributed by atoms with Crippen molar-refractivity contribution in [2.45, 2.75) is 19.4 Å². The Morgan fingerprint density at radius 1 is 1.19 bits per heavy atom. The van der Waals surface area contributed by atoms with Crippen LogP contribution in [0.2, 0.25) is 0 Å². The van der Waals surface area contributed by atoms with Gasteiger partial charge in [-0.25, -0.2) is 4.68 Å². The number of halogens is 1. The van der Waals surface area contributed by atoms with E-state index in [9.17, 15) is 4.79 Å². The summed E-state index contributed by atoms with van der Waals surface area (Å²) in [7, 11) is 0. The summed E-state index contributed by atoms with van der Waals surface area (Å²) in [6.07, 6.45) is 0.607. The number of benzene rings is 2. The highest BCUT2D eigenvalue weighted by Crippen LogP contribution is 2.21. The van der Waals surface area contributed by atoms with E-state index in [0.29, 0.717) is 6.42 Å². The molecule has 0 fully saturated rings. The van der Waals surface area contributed by atoms with Crippen molar-refractivity contribution in [3.63, 3.8) is 0 Å². The van der Waals surface area contributed by atoms with Crippen molar-refractivity contribution in [1.29, 1.82) is 0 Å². The SMILES string of the molecule is CC(=O)C(Cc1ccc(Br)cc1)n1nnc2ccccc21. The maximum atomic E-state index is 12.1. The van der Waals surface area contributed by atoms with Gasteiger partial charge in [0.05, 0.1) is 5.52 Å². The van der Waals surface area contributed by atoms with Gasteiger partial charge in [0.15, 0.2) is 5.78 Å². The van der Waals surface area contributed by atoms with E-state index in [2.05, 4.69) is 26.2 Å². The lowest BCUT2D eigenvalue weighted by molar-refractivity contribution is -0.120. The Morgan fingerprint density at radius 2 is 1.90 bits per heavy atom. The highest BCUT2D eigenvalue weighted by Gasteiger charge is 2.20. The first-order valence-electron chi connectivity index (χ1n) is 6.70. The fourth-order valence-corrected chi connectivity index (χ4v) is 2.63. The molecule has 1 heterocycles. The number of hydrogen-bond donors (Lipinski definition) is 0. The van der Waals surface area contributed by atoms with Gasteiger partial charge in [0.25, 0.3) is 0 Å². The van der Waals surface area contributed by atoms with Gasteiger partial charge in [-0.3, -0.25) is 4.79 Å². The molecule has 3 rings (SSSR count). The first-order chi connectivity index (χ1) is 10.1. The van der Waals surface area contributed by atoms with E-state index in [1.165, 1.54) is 0 Å². The summed E-state index contributed by atoms with van der Waals surface area (Å²) in [4.78, 5) is 12.1. The normalized spacial score (nSPS) is 12.5. The van der Waals surface area contributed by atoms with Gasteiger partial charge in [-0.2, -0.15) is 0 Å². The van der Waals surface area contributed by atoms with Gasteiger partial charge in [0.2, 0.25) is 0 Å². The Bertz CT molecular complexity index is 780. The molecular weight excluding hydrogens is 330 g/mol. The van der Waals surface area contributed by atoms with Crippen molar-refractivity contribution in [3.05, 3.63) is 58.6 Å². The lowest BCUT2D eigenvalue weighted by Gasteiger charge is -2.15. The third kappa shape index (κ3) is 2.88. The zero-order valence-corrected chi connectivity index (χ0v) is 13.1. The van der Waals surface area contributed by atoms with Crippen molar-refractivity contribution in [3.8, 4) is 0 Å². The van der Waals surface area contributed by atoms with Crippen molar-refractivity contribution >= 4 is 32.7 Å². The van der Waals surface area contributed by atoms with Gasteiger partial charge in [0.1, 0.15) is 11.6 Å². The molecule has 0 bridgehead atoms. The standard InChI is InChI=1S/C16H14BrN3O/c1-11(21)16(10-12-6-8-13(17)9-7-12)20-15-5-3-2-4-14(15)18-19-20/h2-9,16H,10H2,1H3. The number of aromatic nitrogens is 3. The smallest absolute Gasteiger partial charge is 0.154 e. The number of carbonyl (C=O) groups excluding carboxylic acids is 1. The van der Waals surface area contributed by atoms with Crippen LogP contribution < -0.4 is 0 Å². The Kier molecular flexibility index (Phi) is 3.84. The van der Waals surface area contributed by atoms with Gasteiger partial charge in [-0.15, -0.1) is 5.10 Å². The van der Waals surface area contributed by atoms with Gasteiger partial charge in [-0.1, -0.05) is 45.4 Å². The number of para-hydroxylation sites is 1. The molecule has 0 spiro atoms. The van der Waals surface area contributed by atoms with Crippen LogP contribution in [0, 0.1) is 0 Å². The van der Waals surface area contributed by atoms with Crippen LogP contribution in [0.15, 0.2) is 53.0 Å². The van der Waals surface area contributed by atoms with E-state index in [4.69, 9.17) is 0 Å². The molecule has 0 aliphatic rings. The summed E-state index contributed by atoms with van der Waals surface area (Å²) in [5.41, 5.74) is 2.78. The quantitative estimate of drug-likeness (QED) is 0.727. The summed E-state index contributed by atoms with van der Waals surface area (Å²) in [5.74, 6) is 0.0774. The molecule has 0 radical (unpaired) electrons. The predicted molar refractivity (Wildman–Crippen MR) is 85.1 cm³/mol. The number of ketones is 1. The molecule has 0 aliphatic carbocycles. The van der Waals surface area contributed by atoms with Crippen LogP contribution in [0.3, 0.4) is 0 Å². The van der Waals surface area contributed by atoms with E-state index in [0.717, 1.165) is 21.1 Å². The minimum absolute atomic E-state index is 0.0774. The maximum Gasteiger partial charge on any atom is 0.154 e. The lowest BCUT2D eigenvalue weighted by Crippen LogP contribution is -2.20. The van der Waals surface area contributed by atoms with Crippen LogP contribution in [0.4, 0.5) is 0 Å². The number of fused-ring (bicyclic) bond motifs is 1. The molecule has 0 N–H and O–H groups in total. The van der Waals surface area contributed by atoms with Gasteiger partial charge in [0, 0.05) is 10.9 Å². The first-order valence-corrected chi connectivity index (χ1v) is 7.49. The largest absolute Gasteiger partial charge is 0.298 e. The van der Waals surface area contributed by atoms with E-state index in [-0.39, 0.29) is 11.8 Å². The van der Waals surface area contributed by atoms with Crippen LogP contribution in [0.1, 0.15) is 18.5 Å². The third-order valence-corrected chi connectivity index (χ3v) is 4.01. The summed E-state index contributed by atoms with van der Waals surface area (Å²) in [5, 5.41) is 8.30. The second-order valence-electron chi connectivity index (χ2n) is 4.98. The van der Waals surface area contributed by atoms with Crippen LogP contribution in [-0.4, -0.2) is 20.8 Å². The van der Waals surface area contributed by atoms with Crippen molar-refractivity contribution in [2.75, 3.05) is 0 Å². The molecule has 1 aromatic heterocycles. The van der Waals surface area contributed by atoms with Crippen LogP contribution in [0.5, 0.6) is 0 Å². The van der Waals surface area contributed by atoms with Crippen molar-refractivity contribution < 1.29 is 4.79 Å². The van der Waals surface area contributed by atoms with E-state index >= 15 is 0 Å². The number of rotatable bonds is 4. The molecule has 1 unspecified atom stereocenters. The van der Waals surface area contributed by atoms with Crippen molar-refractivity contribution in [2.24, 2.45) is 0 Å². The predicted octanol–water partition coefficient (Wildman–Crippen LogP) is 3.57. The van der Waals surface area contributed by atoms with Crippen molar-refractivity contribution in [1.82, 2.24) is 15.0 Å². The number of carbonyl (C=O) groups is 1. The molecule has 0 saturated heterocycles. The monoisotopic (exact) mass is 343 g/mol. The van der Waals surface area contributed by atoms with Crippen LogP contribution in [-0.2, 0) is 11.2 Å². The Morgan fingerprint density at radius 3 is 2.62 bits per heavy atom. The topological polar surface area (TPSA) is 47.8 Å². The molecule has 2 aromatic carbocycles. The molecule has 0 aliphatic heterocycles. The average molecular weight is 344 g/mol. The molecule has 1 atom stereocenters. The Balaban J connectivity index is 1.98. The van der Waals surface area contributed by atoms with Gasteiger partial charge in [-0.05, 0) is 36.8 Å². The number of hydrogen-bond acceptors (Lipinski definition) is 3. The molecule has 106 valence electrons. The van der Waals surface area contributed by atoms with Crippen LogP contribution in [0.25, 0.3) is 11.0 Å². The Hall–Kier alpha value is -2.01. The average Bonchev–Trinajstić information content (AvgIpc) is 2.90. The molecule has 4 nitrogen and oxygen atoms in total. The lowest BCUT2D eigenvalue weighted by atomic mass is 10.0. The molecule has 5 heteroatoms. The maximum absolute atomic E-state index is 12.1. The molecule has 21 heavy (non-hydrogen) atoms. The fourth-order valence-electron chi connectivity index (χ4n) is 2.36. The molecule has 0 amide bonds. The summed E-state index contributed by atoms with van der Waals surface area (Å²) in [6, 6.07) is 15.3. The summed E-state index contributed by atoms with van der Waals surface area (Å²) < 4.78 is 2.75. The van der Waals surface area contributed by atoms with E-state index in [1.807, 2.05) is 48.5 Å². The fraction of sp³-hybridized carbons (Fsp3) is 0.188. The first kappa shape index (κ1) is 13.9. The minimum Gasteiger partial charge on any atom is -0.298 e. The van der Waals surface area contributed by atoms with E-state index in [1.54, 1.807) is 11.6 Å². The van der Waals surface area contributed by atoms with Gasteiger partial charge >= 0.3 is 0 Å². The zero-order chi connectivity index (χ0) is 14.8. The summed E-state index contributed by atoms with van der Waals surface area (Å²) >= 11 is 3.42. The highest BCUT2D eigenvalue weighted by atomic mass is 79.9. The molecular formula is C16H14BrN3O. The van der Waals surface area contributed by atoms with Crippen LogP contribution >= 0.6 is 15.9 Å². The Labute approximate surface area is 130 Å². The summed E-state index contributed by atoms with van der Waals surface area (Å²) in [6.45, 7) is 1.60.